The maximum Gasteiger partial charge on any atom is 0.351 e. The lowest BCUT2D eigenvalue weighted by Crippen LogP contribution is -2.45. The lowest BCUT2D eigenvalue weighted by molar-refractivity contribution is -0.0972. The lowest BCUT2D eigenvalue weighted by atomic mass is 9.83. The number of methoxy groups -OCH3 is 1. The zero-order chi connectivity index (χ0) is 18.3. The van der Waals surface area contributed by atoms with Crippen LogP contribution in [-0.4, -0.2) is 57.7 Å². The van der Waals surface area contributed by atoms with Crippen LogP contribution in [-0.2, 0) is 18.3 Å². The van der Waals surface area contributed by atoms with Gasteiger partial charge in [-0.25, -0.2) is 0 Å². The molecule has 144 valence electrons. The number of aliphatic hydroxyl groups excluding tert-OH is 1. The topological polar surface area (TPSA) is 57.2 Å². The van der Waals surface area contributed by atoms with E-state index in [0.29, 0.717) is 5.92 Å². The van der Waals surface area contributed by atoms with Gasteiger partial charge in [-0.1, -0.05) is 0 Å². The van der Waals surface area contributed by atoms with E-state index in [0.717, 1.165) is 25.7 Å². The number of hydrogen-bond donors (Lipinski definition) is 1. The molecule has 24 heavy (non-hydrogen) atoms. The van der Waals surface area contributed by atoms with Crippen molar-refractivity contribution in [2.75, 3.05) is 7.11 Å². The Morgan fingerprint density at radius 3 is 2.00 bits per heavy atom. The van der Waals surface area contributed by atoms with Gasteiger partial charge >= 0.3 is 9.28 Å². The van der Waals surface area contributed by atoms with Crippen molar-refractivity contribution in [3.05, 3.63) is 0 Å². The molecule has 1 saturated carbocycles. The van der Waals surface area contributed by atoms with Crippen LogP contribution in [0.15, 0.2) is 0 Å². The van der Waals surface area contributed by atoms with E-state index in [2.05, 4.69) is 0 Å². The largest absolute Gasteiger partial charge is 0.393 e. The van der Waals surface area contributed by atoms with Crippen molar-refractivity contribution >= 4 is 9.28 Å². The molecule has 4 unspecified atom stereocenters. The summed E-state index contributed by atoms with van der Waals surface area (Å²) in [7, 11) is -0.178. The molecule has 6 heteroatoms. The summed E-state index contributed by atoms with van der Waals surface area (Å²) in [6.45, 7) is 12.2. The molecular formula is C18H38O5Si. The summed E-state index contributed by atoms with van der Waals surface area (Å²) < 4.78 is 23.8. The normalized spacial score (nSPS) is 26.8. The Labute approximate surface area is 149 Å². The highest BCUT2D eigenvalue weighted by atomic mass is 28.3. The monoisotopic (exact) mass is 362 g/mol. The quantitative estimate of drug-likeness (QED) is 0.606. The molecule has 0 heterocycles. The molecule has 1 rings (SSSR count). The van der Waals surface area contributed by atoms with Crippen LogP contribution in [0, 0.1) is 5.92 Å². The van der Waals surface area contributed by atoms with Crippen LogP contribution in [0.2, 0.25) is 0 Å². The van der Waals surface area contributed by atoms with Crippen molar-refractivity contribution in [2.24, 2.45) is 5.92 Å². The zero-order valence-electron chi connectivity index (χ0n) is 16.5. The highest BCUT2D eigenvalue weighted by molar-refractivity contribution is 6.46. The molecule has 0 radical (unpaired) electrons. The minimum absolute atomic E-state index is 0.0229. The molecule has 1 fully saturated rings. The maximum atomic E-state index is 10.2. The van der Waals surface area contributed by atoms with Gasteiger partial charge in [0.1, 0.15) is 0 Å². The van der Waals surface area contributed by atoms with Crippen LogP contribution >= 0.6 is 0 Å². The molecule has 0 bridgehead atoms. The van der Waals surface area contributed by atoms with Gasteiger partial charge in [-0.3, -0.25) is 0 Å². The van der Waals surface area contributed by atoms with E-state index >= 15 is 0 Å². The second-order valence-electron chi connectivity index (χ2n) is 7.72. The predicted octanol–water partition coefficient (Wildman–Crippen LogP) is 2.96. The van der Waals surface area contributed by atoms with E-state index in [1.54, 1.807) is 7.11 Å². The van der Waals surface area contributed by atoms with Crippen LogP contribution in [0.1, 0.15) is 67.2 Å². The van der Waals surface area contributed by atoms with Gasteiger partial charge in [-0.05, 0) is 73.1 Å². The van der Waals surface area contributed by atoms with Crippen molar-refractivity contribution in [2.45, 2.75) is 103 Å². The first-order valence-corrected chi connectivity index (χ1v) is 11.0. The molecule has 0 spiro atoms. The van der Waals surface area contributed by atoms with Crippen LogP contribution in [0.5, 0.6) is 0 Å². The summed E-state index contributed by atoms with van der Waals surface area (Å²) >= 11 is 0. The molecule has 5 nitrogen and oxygen atoms in total. The highest BCUT2D eigenvalue weighted by Gasteiger charge is 2.36. The SMILES string of the molecule is COC(CC1CCC(O)C(OC(C)C)C1)[SiH](OC(C)C)OC(C)C. The van der Waals surface area contributed by atoms with Crippen LogP contribution in [0.4, 0.5) is 0 Å². The third kappa shape index (κ3) is 7.93. The molecule has 1 aliphatic rings. The number of aliphatic hydroxyl groups is 1. The van der Waals surface area contributed by atoms with Gasteiger partial charge in [0, 0.05) is 19.3 Å². The molecular weight excluding hydrogens is 324 g/mol. The molecule has 0 aliphatic heterocycles. The first-order valence-electron chi connectivity index (χ1n) is 9.40. The molecule has 1 aliphatic carbocycles. The van der Waals surface area contributed by atoms with E-state index in [1.807, 2.05) is 41.5 Å². The average Bonchev–Trinajstić information content (AvgIpc) is 2.45. The van der Waals surface area contributed by atoms with E-state index < -0.39 is 9.28 Å². The maximum absolute atomic E-state index is 10.2. The minimum Gasteiger partial charge on any atom is -0.393 e. The summed E-state index contributed by atoms with van der Waals surface area (Å²) in [5.74, 6) is 0.476. The molecule has 1 N–H and O–H groups in total. The predicted molar refractivity (Wildman–Crippen MR) is 98.4 cm³/mol. The van der Waals surface area contributed by atoms with Crippen molar-refractivity contribution < 1.29 is 23.4 Å². The van der Waals surface area contributed by atoms with Crippen molar-refractivity contribution in [1.82, 2.24) is 0 Å². The van der Waals surface area contributed by atoms with Crippen LogP contribution < -0.4 is 0 Å². The van der Waals surface area contributed by atoms with Gasteiger partial charge in [0.05, 0.1) is 24.0 Å². The van der Waals surface area contributed by atoms with Gasteiger partial charge in [-0.15, -0.1) is 0 Å². The summed E-state index contributed by atoms with van der Waals surface area (Å²) in [5, 5.41) is 10.2. The summed E-state index contributed by atoms with van der Waals surface area (Å²) in [6, 6.07) is 0. The molecule has 0 aromatic heterocycles. The molecule has 0 amide bonds. The van der Waals surface area contributed by atoms with Gasteiger partial charge in [0.25, 0.3) is 0 Å². The van der Waals surface area contributed by atoms with E-state index in [9.17, 15) is 5.11 Å². The second kappa shape index (κ2) is 10.9. The number of ether oxygens (including phenoxy) is 2. The lowest BCUT2D eigenvalue weighted by Gasteiger charge is -2.36. The fourth-order valence-electron chi connectivity index (χ4n) is 3.30. The smallest absolute Gasteiger partial charge is 0.351 e. The molecule has 4 atom stereocenters. The summed E-state index contributed by atoms with van der Waals surface area (Å²) in [6.07, 6.45) is 3.59. The van der Waals surface area contributed by atoms with Crippen molar-refractivity contribution in [1.29, 1.82) is 0 Å². The third-order valence-electron chi connectivity index (χ3n) is 4.30. The number of hydrogen-bond acceptors (Lipinski definition) is 5. The van der Waals surface area contributed by atoms with Gasteiger partial charge in [0.2, 0.25) is 0 Å². The Bertz CT molecular complexity index is 327. The molecule has 0 aromatic carbocycles. The van der Waals surface area contributed by atoms with Crippen molar-refractivity contribution in [3.8, 4) is 0 Å². The third-order valence-corrected chi connectivity index (χ3v) is 7.07. The van der Waals surface area contributed by atoms with E-state index in [4.69, 9.17) is 18.3 Å². The first kappa shape index (κ1) is 22.1. The fraction of sp³-hybridized carbons (Fsp3) is 1.00. The van der Waals surface area contributed by atoms with Gasteiger partial charge in [0.15, 0.2) is 0 Å². The molecule has 0 aromatic rings. The summed E-state index contributed by atoms with van der Waals surface area (Å²) in [5.41, 5.74) is 0.0229. The molecule has 0 saturated heterocycles. The summed E-state index contributed by atoms with van der Waals surface area (Å²) in [4.78, 5) is 0. The highest BCUT2D eigenvalue weighted by Crippen LogP contribution is 2.32. The Kier molecular flexibility index (Phi) is 10.0. The zero-order valence-corrected chi connectivity index (χ0v) is 17.7. The van der Waals surface area contributed by atoms with E-state index in [1.165, 1.54) is 0 Å². The van der Waals surface area contributed by atoms with Gasteiger partial charge < -0.3 is 23.4 Å². The van der Waals surface area contributed by atoms with Gasteiger partial charge in [-0.2, -0.15) is 0 Å². The average molecular weight is 363 g/mol. The van der Waals surface area contributed by atoms with Crippen LogP contribution in [0.3, 0.4) is 0 Å². The first-order chi connectivity index (χ1) is 11.2. The Morgan fingerprint density at radius 1 is 0.958 bits per heavy atom. The Balaban J connectivity index is 2.67. The minimum atomic E-state index is -1.93. The second-order valence-corrected chi connectivity index (χ2v) is 9.74. The van der Waals surface area contributed by atoms with E-state index in [-0.39, 0.29) is 36.2 Å². The number of rotatable bonds is 10. The van der Waals surface area contributed by atoms with Crippen LogP contribution in [0.25, 0.3) is 0 Å². The van der Waals surface area contributed by atoms with Crippen molar-refractivity contribution in [3.63, 3.8) is 0 Å². The Hall–Kier alpha value is 0.0169. The Morgan fingerprint density at radius 2 is 1.54 bits per heavy atom. The fourth-order valence-corrected chi connectivity index (χ4v) is 5.61. The standard InChI is InChI=1S/C18H38O5Si/c1-12(2)21-17-10-15(8-9-16(17)19)11-18(20-7)24(22-13(3)4)23-14(5)6/h12-19,24H,8-11H2,1-7H3.